The number of halogens is 2. The maximum Gasteiger partial charge on any atom is 0.243 e. The Labute approximate surface area is 185 Å². The lowest BCUT2D eigenvalue weighted by atomic mass is 9.95. The van der Waals surface area contributed by atoms with Crippen molar-refractivity contribution in [1.82, 2.24) is 9.62 Å². The molecule has 0 bridgehead atoms. The van der Waals surface area contributed by atoms with E-state index in [1.54, 1.807) is 36.4 Å². The fraction of sp³-hybridized carbons (Fsp3) is 0.381. The van der Waals surface area contributed by atoms with Crippen molar-refractivity contribution in [3.63, 3.8) is 0 Å². The zero-order valence-electron chi connectivity index (χ0n) is 16.0. The zero-order valence-corrected chi connectivity index (χ0v) is 19.1. The van der Waals surface area contributed by atoms with Crippen molar-refractivity contribution in [2.45, 2.75) is 49.6 Å². The Morgan fingerprint density at radius 2 is 1.72 bits per heavy atom. The van der Waals surface area contributed by atoms with Crippen LogP contribution in [-0.2, 0) is 21.4 Å². The van der Waals surface area contributed by atoms with Crippen molar-refractivity contribution in [2.75, 3.05) is 6.54 Å². The second-order valence-corrected chi connectivity index (χ2v) is 10.5. The van der Waals surface area contributed by atoms with E-state index in [0.29, 0.717) is 10.6 Å². The van der Waals surface area contributed by atoms with E-state index < -0.39 is 10.0 Å². The van der Waals surface area contributed by atoms with E-state index in [9.17, 15) is 13.2 Å². The predicted molar refractivity (Wildman–Crippen MR) is 118 cm³/mol. The number of amides is 1. The van der Waals surface area contributed by atoms with Gasteiger partial charge < -0.3 is 5.32 Å². The van der Waals surface area contributed by atoms with Crippen molar-refractivity contribution >= 4 is 43.5 Å². The van der Waals surface area contributed by atoms with E-state index in [0.717, 1.165) is 30.2 Å². The van der Waals surface area contributed by atoms with E-state index in [1.807, 2.05) is 0 Å². The van der Waals surface area contributed by atoms with E-state index in [1.165, 1.54) is 22.9 Å². The highest BCUT2D eigenvalue weighted by molar-refractivity contribution is 9.10. The summed E-state index contributed by atoms with van der Waals surface area (Å²) in [5, 5.41) is 3.47. The number of benzene rings is 2. The lowest BCUT2D eigenvalue weighted by Crippen LogP contribution is -2.44. The van der Waals surface area contributed by atoms with Gasteiger partial charge in [-0.2, -0.15) is 4.31 Å². The van der Waals surface area contributed by atoms with Gasteiger partial charge in [0.1, 0.15) is 0 Å². The number of hydrogen-bond donors (Lipinski definition) is 1. The number of hydrogen-bond acceptors (Lipinski definition) is 3. The molecule has 0 aliphatic heterocycles. The molecule has 3 rings (SSSR count). The third-order valence-electron chi connectivity index (χ3n) is 5.05. The highest BCUT2D eigenvalue weighted by Crippen LogP contribution is 2.24. The number of sulfonamides is 1. The molecular formula is C21H24BrClN2O3S. The van der Waals surface area contributed by atoms with Gasteiger partial charge in [-0.25, -0.2) is 8.42 Å². The largest absolute Gasteiger partial charge is 0.352 e. The Morgan fingerprint density at radius 1 is 1.07 bits per heavy atom. The molecule has 1 saturated carbocycles. The third-order valence-corrected chi connectivity index (χ3v) is 7.75. The number of nitrogens with zero attached hydrogens (tertiary/aromatic N) is 1. The van der Waals surface area contributed by atoms with E-state index in [-0.39, 0.29) is 29.9 Å². The van der Waals surface area contributed by atoms with Crippen LogP contribution in [0, 0.1) is 0 Å². The molecule has 0 unspecified atom stereocenters. The Bertz CT molecular complexity index is 945. The van der Waals surface area contributed by atoms with Crippen molar-refractivity contribution in [3.05, 3.63) is 63.6 Å². The van der Waals surface area contributed by atoms with E-state index in [2.05, 4.69) is 21.2 Å². The molecule has 0 aromatic heterocycles. The first kappa shape index (κ1) is 22.3. The summed E-state index contributed by atoms with van der Waals surface area (Å²) in [6.45, 7) is -0.226. The molecule has 29 heavy (non-hydrogen) atoms. The second-order valence-electron chi connectivity index (χ2n) is 7.22. The Hall–Kier alpha value is -1.41. The van der Waals surface area contributed by atoms with Crippen LogP contribution >= 0.6 is 27.5 Å². The van der Waals surface area contributed by atoms with Crippen molar-refractivity contribution < 1.29 is 13.2 Å². The molecule has 1 N–H and O–H groups in total. The van der Waals surface area contributed by atoms with Gasteiger partial charge in [-0.15, -0.1) is 0 Å². The normalized spacial score (nSPS) is 15.4. The summed E-state index contributed by atoms with van der Waals surface area (Å²) in [4.78, 5) is 12.8. The van der Waals surface area contributed by atoms with Crippen LogP contribution in [0.25, 0.3) is 0 Å². The van der Waals surface area contributed by atoms with Gasteiger partial charge in [0.25, 0.3) is 0 Å². The molecule has 0 radical (unpaired) electrons. The van der Waals surface area contributed by atoms with Crippen LogP contribution in [0.4, 0.5) is 0 Å². The summed E-state index contributed by atoms with van der Waals surface area (Å²) in [5.74, 6) is -0.287. The lowest BCUT2D eigenvalue weighted by Gasteiger charge is -2.26. The van der Waals surface area contributed by atoms with Gasteiger partial charge in [0, 0.05) is 22.1 Å². The van der Waals surface area contributed by atoms with Gasteiger partial charge in [0.15, 0.2) is 0 Å². The Kier molecular flexibility index (Phi) is 7.73. The maximum atomic E-state index is 13.3. The molecule has 1 fully saturated rings. The van der Waals surface area contributed by atoms with Crippen LogP contribution in [0.2, 0.25) is 5.02 Å². The van der Waals surface area contributed by atoms with Gasteiger partial charge in [0.05, 0.1) is 11.4 Å². The predicted octanol–water partition coefficient (Wildman–Crippen LogP) is 4.74. The molecule has 0 saturated heterocycles. The Morgan fingerprint density at radius 3 is 2.38 bits per heavy atom. The minimum absolute atomic E-state index is 0.0240. The van der Waals surface area contributed by atoms with Crippen LogP contribution < -0.4 is 5.32 Å². The number of carbonyl (C=O) groups excluding carboxylic acids is 1. The number of rotatable bonds is 7. The first-order valence-electron chi connectivity index (χ1n) is 9.65. The number of nitrogens with one attached hydrogen (secondary N) is 1. The molecule has 1 aliphatic rings. The highest BCUT2D eigenvalue weighted by atomic mass is 79.9. The van der Waals surface area contributed by atoms with Crippen molar-refractivity contribution in [3.8, 4) is 0 Å². The molecule has 1 amide bonds. The summed E-state index contributed by atoms with van der Waals surface area (Å²) < 4.78 is 28.5. The van der Waals surface area contributed by atoms with E-state index in [4.69, 9.17) is 11.6 Å². The van der Waals surface area contributed by atoms with Crippen LogP contribution in [0.3, 0.4) is 0 Å². The van der Waals surface area contributed by atoms with Gasteiger partial charge in [-0.3, -0.25) is 4.79 Å². The fourth-order valence-electron chi connectivity index (χ4n) is 3.48. The summed E-state index contributed by atoms with van der Waals surface area (Å²) in [6.07, 6.45) is 5.24. The van der Waals surface area contributed by atoms with Crippen LogP contribution in [0.1, 0.15) is 37.7 Å². The first-order chi connectivity index (χ1) is 13.9. The maximum absolute atomic E-state index is 13.3. The SMILES string of the molecule is O=C(CN(Cc1ccccc1Cl)S(=O)(=O)c1ccc(Br)cc1)NC1CCCCC1. The molecule has 8 heteroatoms. The lowest BCUT2D eigenvalue weighted by molar-refractivity contribution is -0.122. The molecule has 2 aromatic rings. The van der Waals surface area contributed by atoms with Crippen LogP contribution in [0.5, 0.6) is 0 Å². The summed E-state index contributed by atoms with van der Waals surface area (Å²) in [6, 6.07) is 13.6. The quantitative estimate of drug-likeness (QED) is 0.598. The smallest absolute Gasteiger partial charge is 0.243 e. The van der Waals surface area contributed by atoms with Crippen LogP contribution in [0.15, 0.2) is 57.9 Å². The molecular weight excluding hydrogens is 476 g/mol. The molecule has 156 valence electrons. The summed E-state index contributed by atoms with van der Waals surface area (Å²) in [7, 11) is -3.88. The fourth-order valence-corrected chi connectivity index (χ4v) is 5.31. The molecule has 0 heterocycles. The van der Waals surface area contributed by atoms with Gasteiger partial charge >= 0.3 is 0 Å². The average molecular weight is 500 g/mol. The molecule has 5 nitrogen and oxygen atoms in total. The van der Waals surface area contributed by atoms with Gasteiger partial charge in [-0.05, 0) is 48.7 Å². The summed E-state index contributed by atoms with van der Waals surface area (Å²) in [5.41, 5.74) is 0.653. The topological polar surface area (TPSA) is 66.5 Å². The van der Waals surface area contributed by atoms with E-state index >= 15 is 0 Å². The van der Waals surface area contributed by atoms with Gasteiger partial charge in [-0.1, -0.05) is 65.0 Å². The minimum atomic E-state index is -3.88. The molecule has 0 atom stereocenters. The first-order valence-corrected chi connectivity index (χ1v) is 12.3. The van der Waals surface area contributed by atoms with Crippen molar-refractivity contribution in [2.24, 2.45) is 0 Å². The number of carbonyl (C=O) groups is 1. The minimum Gasteiger partial charge on any atom is -0.352 e. The molecule has 0 spiro atoms. The second kappa shape index (κ2) is 10.1. The monoisotopic (exact) mass is 498 g/mol. The van der Waals surface area contributed by atoms with Crippen LogP contribution in [-0.4, -0.2) is 31.2 Å². The molecule has 2 aromatic carbocycles. The summed E-state index contributed by atoms with van der Waals surface area (Å²) >= 11 is 9.57. The molecule has 1 aliphatic carbocycles. The third kappa shape index (κ3) is 6.04. The zero-order chi connectivity index (χ0) is 20.9. The van der Waals surface area contributed by atoms with Gasteiger partial charge in [0.2, 0.25) is 15.9 Å². The highest BCUT2D eigenvalue weighted by Gasteiger charge is 2.28. The average Bonchev–Trinajstić information content (AvgIpc) is 2.70. The Balaban J connectivity index is 1.83. The standard InChI is InChI=1S/C21H24BrClN2O3S/c22-17-10-12-19(13-11-17)29(27,28)25(14-16-6-4-5-9-20(16)23)15-21(26)24-18-7-2-1-3-8-18/h4-6,9-13,18H,1-3,7-8,14-15H2,(H,24,26). The van der Waals surface area contributed by atoms with Crippen molar-refractivity contribution in [1.29, 1.82) is 0 Å².